The molecular weight excluding hydrogens is 572 g/mol. The van der Waals surface area contributed by atoms with Gasteiger partial charge in [-0.15, -0.1) is 0 Å². The second-order valence-electron chi connectivity index (χ2n) is 5.88. The average Bonchev–Trinajstić information content (AvgIpc) is 2.64. The maximum Gasteiger partial charge on any atom is 0.251 e. The fourth-order valence-electron chi connectivity index (χ4n) is 2.38. The third kappa shape index (κ3) is 6.07. The predicted molar refractivity (Wildman–Crippen MR) is 118 cm³/mol. The van der Waals surface area contributed by atoms with Gasteiger partial charge in [0, 0.05) is 12.0 Å². The number of nitrogens with zero attached hydrogens (tertiary/aromatic N) is 1. The number of aromatic hydroxyl groups is 1. The van der Waals surface area contributed by atoms with Crippen LogP contribution < -0.4 is 10.6 Å². The van der Waals surface area contributed by atoms with Crippen LogP contribution in [0.3, 0.4) is 0 Å². The van der Waals surface area contributed by atoms with Gasteiger partial charge >= 0.3 is 0 Å². The third-order valence-corrected chi connectivity index (χ3v) is 5.44. The molecule has 0 saturated carbocycles. The van der Waals surface area contributed by atoms with Gasteiger partial charge in [-0.25, -0.2) is 0 Å². The first-order valence-corrected chi connectivity index (χ1v) is 10.2. The zero-order valence-corrected chi connectivity index (χ0v) is 18.7. The van der Waals surface area contributed by atoms with E-state index in [1.807, 2.05) is 70.3 Å². The Hall–Kier alpha value is -1.87. The maximum absolute atomic E-state index is 12.5. The van der Waals surface area contributed by atoms with Crippen molar-refractivity contribution in [2.24, 2.45) is 0 Å². The molecule has 0 spiro atoms. The quantitative estimate of drug-likeness (QED) is 0.357. The van der Waals surface area contributed by atoms with Gasteiger partial charge in [-0.3, -0.25) is 9.59 Å². The van der Waals surface area contributed by atoms with Crippen molar-refractivity contribution >= 4 is 57.0 Å². The summed E-state index contributed by atoms with van der Waals surface area (Å²) in [5, 5.41) is 23.8. The molecule has 0 saturated heterocycles. The first-order valence-electron chi connectivity index (χ1n) is 8.01. The summed E-state index contributed by atoms with van der Waals surface area (Å²) in [5.41, 5.74) is 2.28. The van der Waals surface area contributed by atoms with E-state index < -0.39 is 11.9 Å². The number of benzene rings is 2. The van der Waals surface area contributed by atoms with Gasteiger partial charge in [-0.2, -0.15) is 5.26 Å². The van der Waals surface area contributed by atoms with E-state index in [-0.39, 0.29) is 24.6 Å². The zero-order valence-electron chi connectivity index (χ0n) is 14.4. The van der Waals surface area contributed by atoms with E-state index in [9.17, 15) is 14.7 Å². The third-order valence-electron chi connectivity index (χ3n) is 3.79. The van der Waals surface area contributed by atoms with Crippen LogP contribution in [0.15, 0.2) is 36.4 Å². The van der Waals surface area contributed by atoms with Gasteiger partial charge in [0.25, 0.3) is 5.91 Å². The van der Waals surface area contributed by atoms with Crippen molar-refractivity contribution in [2.45, 2.75) is 19.4 Å². The summed E-state index contributed by atoms with van der Waals surface area (Å²) in [4.78, 5) is 25.0. The van der Waals surface area contributed by atoms with Gasteiger partial charge in [0.2, 0.25) is 5.91 Å². The number of halogens is 2. The lowest BCUT2D eigenvalue weighted by Crippen LogP contribution is -2.48. The Bertz CT molecular complexity index is 869. The van der Waals surface area contributed by atoms with Crippen LogP contribution in [0.4, 0.5) is 0 Å². The van der Waals surface area contributed by atoms with E-state index in [2.05, 4.69) is 10.6 Å². The Labute approximate surface area is 184 Å². The molecule has 0 aliphatic heterocycles. The second kappa shape index (κ2) is 9.89. The highest BCUT2D eigenvalue weighted by Crippen LogP contribution is 2.27. The summed E-state index contributed by atoms with van der Waals surface area (Å²) in [6, 6.07) is 11.6. The lowest BCUT2D eigenvalue weighted by Gasteiger charge is -2.18. The highest BCUT2D eigenvalue weighted by molar-refractivity contribution is 14.1. The fourth-order valence-corrected chi connectivity index (χ4v) is 4.27. The van der Waals surface area contributed by atoms with Gasteiger partial charge in [-0.1, -0.05) is 17.7 Å². The molecule has 0 radical (unpaired) electrons. The van der Waals surface area contributed by atoms with Crippen molar-refractivity contribution in [3.05, 3.63) is 60.2 Å². The van der Waals surface area contributed by atoms with E-state index in [0.29, 0.717) is 12.7 Å². The Morgan fingerprint density at radius 3 is 2.33 bits per heavy atom. The molecule has 2 rings (SSSR count). The van der Waals surface area contributed by atoms with E-state index in [1.54, 1.807) is 24.3 Å². The van der Waals surface area contributed by atoms with Crippen LogP contribution in [0.25, 0.3) is 0 Å². The summed E-state index contributed by atoms with van der Waals surface area (Å²) in [7, 11) is 0. The van der Waals surface area contributed by atoms with Crippen LogP contribution in [-0.2, 0) is 11.2 Å². The summed E-state index contributed by atoms with van der Waals surface area (Å²) in [5.74, 6) is -0.612. The lowest BCUT2D eigenvalue weighted by atomic mass is 10.0. The first kappa shape index (κ1) is 21.4. The number of amides is 2. The largest absolute Gasteiger partial charge is 0.506 e. The molecule has 0 bridgehead atoms. The summed E-state index contributed by atoms with van der Waals surface area (Å²) >= 11 is 4.03. The van der Waals surface area contributed by atoms with Gasteiger partial charge in [0.1, 0.15) is 18.3 Å². The number of hydrogen-bond donors (Lipinski definition) is 3. The van der Waals surface area contributed by atoms with Crippen LogP contribution in [0, 0.1) is 25.4 Å². The molecule has 27 heavy (non-hydrogen) atoms. The predicted octanol–water partition coefficient (Wildman–Crippen LogP) is 2.89. The maximum atomic E-state index is 12.5. The van der Waals surface area contributed by atoms with Crippen molar-refractivity contribution in [1.29, 1.82) is 5.26 Å². The Balaban J connectivity index is 2.23. The topological polar surface area (TPSA) is 102 Å². The number of aryl methyl sites for hydroxylation is 1. The molecule has 8 heteroatoms. The van der Waals surface area contributed by atoms with Crippen molar-refractivity contribution in [3.8, 4) is 11.8 Å². The summed E-state index contributed by atoms with van der Waals surface area (Å²) in [6.45, 7) is 1.79. The smallest absolute Gasteiger partial charge is 0.251 e. The number of phenols is 1. The molecule has 0 unspecified atom stereocenters. The van der Waals surface area contributed by atoms with Crippen LogP contribution >= 0.6 is 45.2 Å². The molecule has 2 amide bonds. The van der Waals surface area contributed by atoms with Crippen molar-refractivity contribution in [1.82, 2.24) is 10.6 Å². The van der Waals surface area contributed by atoms with Crippen LogP contribution in [0.1, 0.15) is 21.5 Å². The fraction of sp³-hybridized carbons (Fsp3) is 0.211. The van der Waals surface area contributed by atoms with E-state index in [4.69, 9.17) is 5.26 Å². The minimum atomic E-state index is -0.844. The minimum absolute atomic E-state index is 0.139. The minimum Gasteiger partial charge on any atom is -0.506 e. The normalized spacial score (nSPS) is 11.3. The van der Waals surface area contributed by atoms with Gasteiger partial charge in [0.15, 0.2) is 0 Å². The van der Waals surface area contributed by atoms with E-state index in [1.165, 1.54) is 0 Å². The molecule has 6 nitrogen and oxygen atoms in total. The molecule has 2 aromatic carbocycles. The number of carbonyl (C=O) groups excluding carboxylic acids is 2. The Morgan fingerprint density at radius 1 is 1.19 bits per heavy atom. The number of hydrogen-bond acceptors (Lipinski definition) is 4. The molecule has 0 aliphatic rings. The highest BCUT2D eigenvalue weighted by Gasteiger charge is 2.22. The van der Waals surface area contributed by atoms with E-state index >= 15 is 0 Å². The lowest BCUT2D eigenvalue weighted by molar-refractivity contribution is -0.122. The molecule has 0 aliphatic carbocycles. The molecule has 2 aromatic rings. The number of phenolic OH excluding ortho intramolecular Hbond substituents is 1. The van der Waals surface area contributed by atoms with Crippen molar-refractivity contribution in [3.63, 3.8) is 0 Å². The molecule has 0 fully saturated rings. The Morgan fingerprint density at radius 2 is 1.78 bits per heavy atom. The monoisotopic (exact) mass is 589 g/mol. The van der Waals surface area contributed by atoms with Crippen LogP contribution in [-0.4, -0.2) is 29.5 Å². The van der Waals surface area contributed by atoms with Crippen LogP contribution in [0.5, 0.6) is 5.75 Å². The molecule has 1 atom stereocenters. The number of nitrogens with one attached hydrogen (secondary N) is 2. The van der Waals surface area contributed by atoms with Crippen molar-refractivity contribution in [2.75, 3.05) is 6.54 Å². The zero-order chi connectivity index (χ0) is 20.0. The van der Waals surface area contributed by atoms with Gasteiger partial charge in [-0.05, 0) is 81.9 Å². The number of nitriles is 1. The van der Waals surface area contributed by atoms with Gasteiger partial charge in [0.05, 0.1) is 13.2 Å². The molecule has 3 N–H and O–H groups in total. The summed E-state index contributed by atoms with van der Waals surface area (Å²) in [6.07, 6.45) is 0.237. The van der Waals surface area contributed by atoms with Gasteiger partial charge < -0.3 is 15.7 Å². The number of rotatable bonds is 6. The first-order chi connectivity index (χ1) is 12.8. The standard InChI is InChI=1S/C19H17I2N3O3/c1-11-2-4-13(5-3-11)18(26)24-16(19(27)23-7-6-22)10-12-8-14(20)17(25)15(21)9-12/h2-5,8-9,16,25H,7,10H2,1H3,(H,23,27)(H,24,26)/t16-/m0/s1. The highest BCUT2D eigenvalue weighted by atomic mass is 127. The number of carbonyl (C=O) groups is 2. The SMILES string of the molecule is Cc1ccc(C(=O)N[C@@H](Cc2cc(I)c(O)c(I)c2)C(=O)NCC#N)cc1. The van der Waals surface area contributed by atoms with E-state index in [0.717, 1.165) is 11.1 Å². The average molecular weight is 589 g/mol. The molecular formula is C19H17I2N3O3. The van der Waals surface area contributed by atoms with Crippen molar-refractivity contribution < 1.29 is 14.7 Å². The molecule has 0 aromatic heterocycles. The van der Waals surface area contributed by atoms with Crippen LogP contribution in [0.2, 0.25) is 0 Å². The molecule has 140 valence electrons. The Kier molecular flexibility index (Phi) is 7.85. The summed E-state index contributed by atoms with van der Waals surface area (Å²) < 4.78 is 1.33. The second-order valence-corrected chi connectivity index (χ2v) is 8.20. The molecule has 0 heterocycles.